The fourth-order valence-electron chi connectivity index (χ4n) is 1.90. The molecule has 0 bridgehead atoms. The van der Waals surface area contributed by atoms with E-state index in [1.807, 2.05) is 12.1 Å². The number of aryl methyl sites for hydroxylation is 1. The first-order valence-corrected chi connectivity index (χ1v) is 7.41. The molecule has 0 unspecified atom stereocenters. The number of aromatic nitrogens is 1. The molecule has 110 valence electrons. The number of hydrogen-bond acceptors (Lipinski definition) is 4. The molecule has 6 heteroatoms. The molecule has 0 saturated heterocycles. The molecule has 2 aromatic rings. The summed E-state index contributed by atoms with van der Waals surface area (Å²) in [6.45, 7) is 2.57. The molecule has 4 N–H and O–H groups in total. The first-order valence-electron chi connectivity index (χ1n) is 6.62. The van der Waals surface area contributed by atoms with E-state index < -0.39 is 0 Å². The van der Waals surface area contributed by atoms with Gasteiger partial charge < -0.3 is 10.7 Å². The van der Waals surface area contributed by atoms with Crippen LogP contribution in [-0.4, -0.2) is 10.9 Å². The Morgan fingerprint density at radius 2 is 1.95 bits per heavy atom. The lowest BCUT2D eigenvalue weighted by atomic mass is 10.1. The molecule has 0 aliphatic rings. The van der Waals surface area contributed by atoms with Crippen molar-refractivity contribution in [2.24, 2.45) is 5.84 Å². The third kappa shape index (κ3) is 4.03. The molecule has 21 heavy (non-hydrogen) atoms. The van der Waals surface area contributed by atoms with E-state index in [2.05, 4.69) is 50.7 Å². The second-order valence-corrected chi connectivity index (χ2v) is 5.46. The van der Waals surface area contributed by atoms with Gasteiger partial charge in [0.15, 0.2) is 5.82 Å². The van der Waals surface area contributed by atoms with Crippen LogP contribution in [0.1, 0.15) is 28.4 Å². The lowest BCUT2D eigenvalue weighted by Gasteiger charge is -2.09. The molecule has 0 saturated carbocycles. The van der Waals surface area contributed by atoms with Gasteiger partial charge in [-0.3, -0.25) is 4.79 Å². The van der Waals surface area contributed by atoms with E-state index in [4.69, 9.17) is 5.84 Å². The maximum absolute atomic E-state index is 12.2. The van der Waals surface area contributed by atoms with Crippen molar-refractivity contribution in [2.75, 3.05) is 5.43 Å². The number of amides is 1. The number of anilines is 1. The minimum atomic E-state index is -0.226. The Balaban J connectivity index is 2.05. The zero-order valence-electron chi connectivity index (χ0n) is 11.7. The van der Waals surface area contributed by atoms with Crippen LogP contribution >= 0.6 is 15.9 Å². The van der Waals surface area contributed by atoms with E-state index in [9.17, 15) is 4.79 Å². The smallest absolute Gasteiger partial charge is 0.255 e. The largest absolute Gasteiger partial charge is 0.348 e. The van der Waals surface area contributed by atoms with Gasteiger partial charge in [0.25, 0.3) is 5.91 Å². The predicted molar refractivity (Wildman–Crippen MR) is 86.7 cm³/mol. The molecule has 0 atom stereocenters. The maximum atomic E-state index is 12.2. The number of hydrogen-bond donors (Lipinski definition) is 3. The average Bonchev–Trinajstić information content (AvgIpc) is 2.53. The van der Waals surface area contributed by atoms with Crippen LogP contribution in [0.3, 0.4) is 0 Å². The molecule has 0 fully saturated rings. The number of nitrogens with two attached hydrogens (primary N) is 1. The summed E-state index contributed by atoms with van der Waals surface area (Å²) in [6.07, 6.45) is 2.58. The van der Waals surface area contributed by atoms with Gasteiger partial charge in [0.1, 0.15) is 0 Å². The van der Waals surface area contributed by atoms with Gasteiger partial charge in [0, 0.05) is 17.2 Å². The van der Waals surface area contributed by atoms with Crippen molar-refractivity contribution < 1.29 is 4.79 Å². The van der Waals surface area contributed by atoms with Crippen LogP contribution in [0.2, 0.25) is 0 Å². The van der Waals surface area contributed by atoms with Crippen LogP contribution in [0, 0.1) is 0 Å². The Hall–Kier alpha value is -1.92. The molecule has 1 amide bonds. The molecule has 1 aromatic carbocycles. The SMILES string of the molecule is CCc1ccc(CNC(=O)c2cc(Br)cnc2NN)cc1. The molecular formula is C15H17BrN4O. The van der Waals surface area contributed by atoms with Crippen molar-refractivity contribution in [1.82, 2.24) is 10.3 Å². The van der Waals surface area contributed by atoms with E-state index in [0.717, 1.165) is 16.5 Å². The molecule has 0 aliphatic heterocycles. The molecule has 1 heterocycles. The van der Waals surface area contributed by atoms with E-state index in [1.165, 1.54) is 5.56 Å². The zero-order valence-corrected chi connectivity index (χ0v) is 13.3. The Morgan fingerprint density at radius 3 is 2.57 bits per heavy atom. The second kappa shape index (κ2) is 7.19. The summed E-state index contributed by atoms with van der Waals surface area (Å²) in [5.41, 5.74) is 5.15. The molecule has 5 nitrogen and oxygen atoms in total. The number of carbonyl (C=O) groups excluding carboxylic acids is 1. The minimum Gasteiger partial charge on any atom is -0.348 e. The number of carbonyl (C=O) groups is 1. The normalized spacial score (nSPS) is 10.2. The lowest BCUT2D eigenvalue weighted by molar-refractivity contribution is 0.0951. The summed E-state index contributed by atoms with van der Waals surface area (Å²) in [7, 11) is 0. The second-order valence-electron chi connectivity index (χ2n) is 4.55. The van der Waals surface area contributed by atoms with E-state index in [1.54, 1.807) is 12.3 Å². The number of nitrogen functional groups attached to an aromatic ring is 1. The highest BCUT2D eigenvalue weighted by Gasteiger charge is 2.12. The van der Waals surface area contributed by atoms with Gasteiger partial charge in [0.2, 0.25) is 0 Å². The van der Waals surface area contributed by atoms with Gasteiger partial charge in [-0.05, 0) is 39.5 Å². The number of nitrogens with one attached hydrogen (secondary N) is 2. The fraction of sp³-hybridized carbons (Fsp3) is 0.200. The topological polar surface area (TPSA) is 80.0 Å². The molecule has 0 spiro atoms. The number of benzene rings is 1. The van der Waals surface area contributed by atoms with Crippen LogP contribution in [-0.2, 0) is 13.0 Å². The van der Waals surface area contributed by atoms with Crippen molar-refractivity contribution in [3.05, 3.63) is 57.7 Å². The Kier molecular flexibility index (Phi) is 5.30. The first kappa shape index (κ1) is 15.5. The summed E-state index contributed by atoms with van der Waals surface area (Å²) in [5, 5.41) is 2.86. The fourth-order valence-corrected chi connectivity index (χ4v) is 2.23. The summed E-state index contributed by atoms with van der Waals surface area (Å²) in [5.74, 6) is 5.49. The van der Waals surface area contributed by atoms with Crippen LogP contribution in [0.25, 0.3) is 0 Å². The summed E-state index contributed by atoms with van der Waals surface area (Å²) in [6, 6.07) is 9.84. The van der Waals surface area contributed by atoms with Crippen LogP contribution in [0.5, 0.6) is 0 Å². The quantitative estimate of drug-likeness (QED) is 0.573. The van der Waals surface area contributed by atoms with E-state index in [0.29, 0.717) is 17.9 Å². The molecule has 0 radical (unpaired) electrons. The van der Waals surface area contributed by atoms with Gasteiger partial charge in [-0.2, -0.15) is 0 Å². The lowest BCUT2D eigenvalue weighted by Crippen LogP contribution is -2.25. The third-order valence-corrected chi connectivity index (χ3v) is 3.55. The maximum Gasteiger partial charge on any atom is 0.255 e. The highest BCUT2D eigenvalue weighted by Crippen LogP contribution is 2.17. The zero-order chi connectivity index (χ0) is 15.2. The third-order valence-electron chi connectivity index (χ3n) is 3.12. The molecule has 2 rings (SSSR count). The summed E-state index contributed by atoms with van der Waals surface area (Å²) >= 11 is 3.29. The number of pyridine rings is 1. The summed E-state index contributed by atoms with van der Waals surface area (Å²) < 4.78 is 0.721. The van der Waals surface area contributed by atoms with Crippen LogP contribution in [0.4, 0.5) is 5.82 Å². The Morgan fingerprint density at radius 1 is 1.29 bits per heavy atom. The summed E-state index contributed by atoms with van der Waals surface area (Å²) in [4.78, 5) is 16.3. The van der Waals surface area contributed by atoms with Crippen molar-refractivity contribution in [1.29, 1.82) is 0 Å². The number of nitrogens with zero attached hydrogens (tertiary/aromatic N) is 1. The first-order chi connectivity index (χ1) is 10.1. The Bertz CT molecular complexity index is 628. The average molecular weight is 349 g/mol. The number of hydrazine groups is 1. The van der Waals surface area contributed by atoms with Crippen molar-refractivity contribution >= 4 is 27.7 Å². The minimum absolute atomic E-state index is 0.226. The van der Waals surface area contributed by atoms with Crippen molar-refractivity contribution in [3.63, 3.8) is 0 Å². The number of halogens is 1. The van der Waals surface area contributed by atoms with Gasteiger partial charge in [-0.1, -0.05) is 31.2 Å². The highest BCUT2D eigenvalue weighted by molar-refractivity contribution is 9.10. The van der Waals surface area contributed by atoms with Crippen LogP contribution in [0.15, 0.2) is 41.0 Å². The van der Waals surface area contributed by atoms with Crippen LogP contribution < -0.4 is 16.6 Å². The standard InChI is InChI=1S/C15H17BrN4O/c1-2-10-3-5-11(6-4-10)8-19-15(21)13-7-12(16)9-18-14(13)20-17/h3-7,9H,2,8,17H2,1H3,(H,18,20)(H,19,21). The van der Waals surface area contributed by atoms with Crippen molar-refractivity contribution in [2.45, 2.75) is 19.9 Å². The predicted octanol–water partition coefficient (Wildman–Crippen LogP) is 2.62. The monoisotopic (exact) mass is 348 g/mol. The van der Waals surface area contributed by atoms with Gasteiger partial charge >= 0.3 is 0 Å². The van der Waals surface area contributed by atoms with E-state index in [-0.39, 0.29) is 5.91 Å². The van der Waals surface area contributed by atoms with Gasteiger partial charge in [0.05, 0.1) is 5.56 Å². The van der Waals surface area contributed by atoms with E-state index >= 15 is 0 Å². The Labute approximate surface area is 132 Å². The van der Waals surface area contributed by atoms with Gasteiger partial charge in [-0.15, -0.1) is 0 Å². The molecule has 1 aromatic heterocycles. The highest BCUT2D eigenvalue weighted by atomic mass is 79.9. The number of rotatable bonds is 5. The van der Waals surface area contributed by atoms with Crippen molar-refractivity contribution in [3.8, 4) is 0 Å². The molecule has 0 aliphatic carbocycles. The molecular weight excluding hydrogens is 332 g/mol. The van der Waals surface area contributed by atoms with Gasteiger partial charge in [-0.25, -0.2) is 10.8 Å².